The minimum atomic E-state index is -0.893. The monoisotopic (exact) mass is 336 g/mol. The molecule has 4 heteroatoms. The molecule has 132 valence electrons. The Balaban J connectivity index is 2.07. The molecule has 2 fully saturated rings. The van der Waals surface area contributed by atoms with Gasteiger partial charge in [0.15, 0.2) is 11.6 Å². The third-order valence-corrected chi connectivity index (χ3v) is 6.66. The van der Waals surface area contributed by atoms with E-state index in [1.54, 1.807) is 6.07 Å². The second-order valence-electron chi connectivity index (χ2n) is 8.18. The summed E-state index contributed by atoms with van der Waals surface area (Å²) in [7, 11) is 0. The molecule has 0 spiro atoms. The lowest BCUT2D eigenvalue weighted by molar-refractivity contribution is -0.148. The van der Waals surface area contributed by atoms with E-state index in [0.29, 0.717) is 17.9 Å². The van der Waals surface area contributed by atoms with Gasteiger partial charge >= 0.3 is 5.97 Å². The molecule has 0 aromatic heterocycles. The van der Waals surface area contributed by atoms with Crippen molar-refractivity contribution in [3.63, 3.8) is 0 Å². The summed E-state index contributed by atoms with van der Waals surface area (Å²) in [5.41, 5.74) is -0.813. The number of rotatable bonds is 4. The predicted molar refractivity (Wildman–Crippen MR) is 88.7 cm³/mol. The average molecular weight is 336 g/mol. The van der Waals surface area contributed by atoms with Crippen LogP contribution < -0.4 is 0 Å². The second-order valence-corrected chi connectivity index (χ2v) is 8.18. The number of hydrogen-bond donors (Lipinski definition) is 1. The quantitative estimate of drug-likeness (QED) is 0.824. The smallest absolute Gasteiger partial charge is 0.310 e. The zero-order chi connectivity index (χ0) is 17.7. The lowest BCUT2D eigenvalue weighted by Crippen LogP contribution is -2.38. The van der Waals surface area contributed by atoms with Crippen LogP contribution in [0, 0.1) is 34.8 Å². The SMILES string of the molecule is CC1CCCC([C@]2(C(=O)O)C[C@]2(c2ccc(F)c(F)c2)C(C)C)C1. The summed E-state index contributed by atoms with van der Waals surface area (Å²) in [6.45, 7) is 6.18. The lowest BCUT2D eigenvalue weighted by Gasteiger charge is -2.37. The van der Waals surface area contributed by atoms with Crippen molar-refractivity contribution in [2.75, 3.05) is 0 Å². The molecule has 1 N–H and O–H groups in total. The zero-order valence-electron chi connectivity index (χ0n) is 14.6. The zero-order valence-corrected chi connectivity index (χ0v) is 14.6. The Labute approximate surface area is 142 Å². The fraction of sp³-hybridized carbons (Fsp3) is 0.650. The molecule has 0 radical (unpaired) electrons. The van der Waals surface area contributed by atoms with Crippen LogP contribution in [-0.4, -0.2) is 11.1 Å². The molecule has 4 atom stereocenters. The third-order valence-electron chi connectivity index (χ3n) is 6.66. The predicted octanol–water partition coefficient (Wildman–Crippen LogP) is 5.16. The van der Waals surface area contributed by atoms with Gasteiger partial charge in [-0.15, -0.1) is 0 Å². The average Bonchev–Trinajstić information content (AvgIpc) is 3.23. The molecule has 3 rings (SSSR count). The molecule has 2 aliphatic rings. The number of aliphatic carboxylic acids is 1. The molecule has 2 aliphatic carbocycles. The van der Waals surface area contributed by atoms with Crippen molar-refractivity contribution < 1.29 is 18.7 Å². The molecule has 2 unspecified atom stereocenters. The first kappa shape index (κ1) is 17.4. The molecule has 1 aromatic carbocycles. The third kappa shape index (κ3) is 2.29. The highest BCUT2D eigenvalue weighted by atomic mass is 19.2. The molecule has 0 aliphatic heterocycles. The number of hydrogen-bond acceptors (Lipinski definition) is 1. The fourth-order valence-corrected chi connectivity index (χ4v) is 5.41. The van der Waals surface area contributed by atoms with E-state index >= 15 is 0 Å². The molecule has 1 aromatic rings. The molecule has 0 heterocycles. The van der Waals surface area contributed by atoms with Gasteiger partial charge in [0.1, 0.15) is 0 Å². The summed E-state index contributed by atoms with van der Waals surface area (Å²) in [4.78, 5) is 12.4. The van der Waals surface area contributed by atoms with Crippen molar-refractivity contribution in [2.24, 2.45) is 23.2 Å². The maximum absolute atomic E-state index is 13.8. The second kappa shape index (κ2) is 5.82. The normalized spacial score (nSPS) is 35.9. The molecule has 0 bridgehead atoms. The maximum atomic E-state index is 13.8. The Bertz CT molecular complexity index is 657. The van der Waals surface area contributed by atoms with E-state index in [1.807, 2.05) is 13.8 Å². The molecule has 0 amide bonds. The molecule has 24 heavy (non-hydrogen) atoms. The Morgan fingerprint density at radius 1 is 1.25 bits per heavy atom. The lowest BCUT2D eigenvalue weighted by atomic mass is 9.66. The van der Waals surface area contributed by atoms with Crippen LogP contribution in [0.15, 0.2) is 18.2 Å². The Hall–Kier alpha value is -1.45. The van der Waals surface area contributed by atoms with Crippen molar-refractivity contribution in [1.82, 2.24) is 0 Å². The van der Waals surface area contributed by atoms with E-state index in [1.165, 1.54) is 6.07 Å². The first-order valence-corrected chi connectivity index (χ1v) is 8.94. The summed E-state index contributed by atoms with van der Waals surface area (Å²) in [5, 5.41) is 10.1. The van der Waals surface area contributed by atoms with Gasteiger partial charge in [-0.3, -0.25) is 4.79 Å². The highest BCUT2D eigenvalue weighted by molar-refractivity contribution is 5.83. The van der Waals surface area contributed by atoms with Crippen LogP contribution in [-0.2, 0) is 10.2 Å². The Morgan fingerprint density at radius 2 is 1.96 bits per heavy atom. The molecule has 2 nitrogen and oxygen atoms in total. The Kier molecular flexibility index (Phi) is 4.21. The number of halogens is 2. The van der Waals surface area contributed by atoms with E-state index in [-0.39, 0.29) is 11.8 Å². The molecule has 2 saturated carbocycles. The molecular formula is C20H26F2O2. The number of carbonyl (C=O) groups is 1. The van der Waals surface area contributed by atoms with Crippen molar-refractivity contribution in [2.45, 2.75) is 58.3 Å². The van der Waals surface area contributed by atoms with E-state index < -0.39 is 28.4 Å². The fourth-order valence-electron chi connectivity index (χ4n) is 5.41. The van der Waals surface area contributed by atoms with Gasteiger partial charge in [0.05, 0.1) is 5.41 Å². The van der Waals surface area contributed by atoms with E-state index in [0.717, 1.165) is 31.7 Å². The number of carboxylic acid groups (broad SMARTS) is 1. The van der Waals surface area contributed by atoms with Gasteiger partial charge in [0.25, 0.3) is 0 Å². The number of benzene rings is 1. The summed E-state index contributed by atoms with van der Waals surface area (Å²) in [6, 6.07) is 3.92. The van der Waals surface area contributed by atoms with Crippen molar-refractivity contribution >= 4 is 5.97 Å². The minimum Gasteiger partial charge on any atom is -0.481 e. The van der Waals surface area contributed by atoms with Gasteiger partial charge in [0.2, 0.25) is 0 Å². The molecular weight excluding hydrogens is 310 g/mol. The van der Waals surface area contributed by atoms with Gasteiger partial charge in [-0.2, -0.15) is 0 Å². The summed E-state index contributed by atoms with van der Waals surface area (Å²) >= 11 is 0. The standard InChI is InChI=1S/C20H26F2O2/c1-12(2)19(15-7-8-16(21)17(22)10-15)11-20(19,18(23)24)14-6-4-5-13(3)9-14/h7-8,10,12-14H,4-6,9,11H2,1-3H3,(H,23,24)/t13?,14?,19-,20+/m1/s1. The van der Waals surface area contributed by atoms with Crippen LogP contribution >= 0.6 is 0 Å². The minimum absolute atomic E-state index is 0.0516. The summed E-state index contributed by atoms with van der Waals surface area (Å²) < 4.78 is 27.2. The number of carboxylic acids is 1. The van der Waals surface area contributed by atoms with Crippen LogP contribution in [0.3, 0.4) is 0 Å². The van der Waals surface area contributed by atoms with Gasteiger partial charge in [-0.05, 0) is 54.7 Å². The summed E-state index contributed by atoms with van der Waals surface area (Å²) in [6.07, 6.45) is 4.54. The highest BCUT2D eigenvalue weighted by Crippen LogP contribution is 2.73. The van der Waals surface area contributed by atoms with Crippen LogP contribution in [0.25, 0.3) is 0 Å². The van der Waals surface area contributed by atoms with E-state index in [2.05, 4.69) is 6.92 Å². The highest BCUT2D eigenvalue weighted by Gasteiger charge is 2.76. The van der Waals surface area contributed by atoms with Gasteiger partial charge in [-0.25, -0.2) is 8.78 Å². The van der Waals surface area contributed by atoms with Crippen LogP contribution in [0.2, 0.25) is 0 Å². The maximum Gasteiger partial charge on any atom is 0.310 e. The van der Waals surface area contributed by atoms with E-state index in [9.17, 15) is 18.7 Å². The van der Waals surface area contributed by atoms with Crippen LogP contribution in [0.1, 0.15) is 58.4 Å². The van der Waals surface area contributed by atoms with Crippen LogP contribution in [0.4, 0.5) is 8.78 Å². The van der Waals surface area contributed by atoms with Gasteiger partial charge in [-0.1, -0.05) is 39.7 Å². The Morgan fingerprint density at radius 3 is 2.50 bits per heavy atom. The van der Waals surface area contributed by atoms with Crippen molar-refractivity contribution in [3.8, 4) is 0 Å². The topological polar surface area (TPSA) is 37.3 Å². The van der Waals surface area contributed by atoms with Gasteiger partial charge in [0, 0.05) is 5.41 Å². The van der Waals surface area contributed by atoms with Crippen molar-refractivity contribution in [1.29, 1.82) is 0 Å². The van der Waals surface area contributed by atoms with E-state index in [4.69, 9.17) is 0 Å². The largest absolute Gasteiger partial charge is 0.481 e. The first-order chi connectivity index (χ1) is 11.3. The summed E-state index contributed by atoms with van der Waals surface area (Å²) in [5.74, 6) is -1.87. The van der Waals surface area contributed by atoms with Crippen LogP contribution in [0.5, 0.6) is 0 Å². The van der Waals surface area contributed by atoms with Gasteiger partial charge < -0.3 is 5.11 Å². The first-order valence-electron chi connectivity index (χ1n) is 8.94. The van der Waals surface area contributed by atoms with Crippen molar-refractivity contribution in [3.05, 3.63) is 35.4 Å². The molecule has 0 saturated heterocycles.